The summed E-state index contributed by atoms with van der Waals surface area (Å²) in [6.45, 7) is 0. The van der Waals surface area contributed by atoms with Gasteiger partial charge in [0.2, 0.25) is 0 Å². The summed E-state index contributed by atoms with van der Waals surface area (Å²) in [7, 11) is 0. The molecule has 0 saturated carbocycles. The van der Waals surface area contributed by atoms with Crippen molar-refractivity contribution in [3.63, 3.8) is 0 Å². The van der Waals surface area contributed by atoms with E-state index in [1.807, 2.05) is 0 Å². The number of rotatable bonds is 4. The summed E-state index contributed by atoms with van der Waals surface area (Å²) in [4.78, 5) is 0. The Hall–Kier alpha value is -2.60. The van der Waals surface area contributed by atoms with Crippen molar-refractivity contribution < 1.29 is 0 Å². The van der Waals surface area contributed by atoms with Crippen LogP contribution in [0.1, 0.15) is 27.8 Å². The topological polar surface area (TPSA) is 0 Å². The number of hydrogen-bond donors (Lipinski definition) is 0. The lowest BCUT2D eigenvalue weighted by Gasteiger charge is -2.09. The monoisotopic (exact) mass is 296 g/mol. The molecule has 1 aliphatic carbocycles. The van der Waals surface area contributed by atoms with E-state index in [9.17, 15) is 0 Å². The smallest absolute Gasteiger partial charge is 0.00228 e. The van der Waals surface area contributed by atoms with E-state index in [1.54, 1.807) is 0 Å². The first-order valence-corrected chi connectivity index (χ1v) is 8.27. The molecule has 0 amide bonds. The van der Waals surface area contributed by atoms with Crippen molar-refractivity contribution in [2.75, 3.05) is 0 Å². The van der Waals surface area contributed by atoms with Crippen LogP contribution in [0.25, 0.3) is 5.57 Å². The van der Waals surface area contributed by atoms with E-state index >= 15 is 0 Å². The molecule has 0 fully saturated rings. The minimum absolute atomic E-state index is 1.01. The van der Waals surface area contributed by atoms with Gasteiger partial charge >= 0.3 is 0 Å². The molecule has 1 aliphatic rings. The molecule has 0 aromatic heterocycles. The van der Waals surface area contributed by atoms with Gasteiger partial charge in [0.05, 0.1) is 0 Å². The molecule has 0 saturated heterocycles. The zero-order valence-corrected chi connectivity index (χ0v) is 13.2. The SMILES string of the molecule is C1=C(Cc2ccccc2)c2cc(Cc3ccccc3)ccc2C1. The fraction of sp³-hybridized carbons (Fsp3) is 0.130. The first kappa shape index (κ1) is 14.0. The Bertz CT molecular complexity index is 826. The zero-order valence-electron chi connectivity index (χ0n) is 13.2. The highest BCUT2D eigenvalue weighted by atomic mass is 14.2. The molecule has 0 bridgehead atoms. The molecule has 4 rings (SSSR count). The van der Waals surface area contributed by atoms with Gasteiger partial charge in [-0.05, 0) is 52.7 Å². The highest BCUT2D eigenvalue weighted by Gasteiger charge is 2.15. The van der Waals surface area contributed by atoms with Gasteiger partial charge in [0, 0.05) is 0 Å². The van der Waals surface area contributed by atoms with Gasteiger partial charge in [0.15, 0.2) is 0 Å². The van der Waals surface area contributed by atoms with E-state index in [0.717, 1.165) is 19.3 Å². The Kier molecular flexibility index (Phi) is 3.81. The molecule has 0 radical (unpaired) electrons. The highest BCUT2D eigenvalue weighted by molar-refractivity contribution is 5.75. The van der Waals surface area contributed by atoms with Crippen LogP contribution < -0.4 is 0 Å². The summed E-state index contributed by atoms with van der Waals surface area (Å²) >= 11 is 0. The summed E-state index contributed by atoms with van der Waals surface area (Å²) < 4.78 is 0. The van der Waals surface area contributed by atoms with Crippen LogP contribution in [-0.4, -0.2) is 0 Å². The number of benzene rings is 3. The highest BCUT2D eigenvalue weighted by Crippen LogP contribution is 2.31. The van der Waals surface area contributed by atoms with Crippen molar-refractivity contribution in [3.05, 3.63) is 113 Å². The molecule has 3 aromatic rings. The van der Waals surface area contributed by atoms with E-state index in [0.29, 0.717) is 0 Å². The minimum atomic E-state index is 1.01. The molecule has 0 nitrogen and oxygen atoms in total. The van der Waals surface area contributed by atoms with Gasteiger partial charge < -0.3 is 0 Å². The molecule has 0 heteroatoms. The second-order valence-corrected chi connectivity index (χ2v) is 6.25. The fourth-order valence-corrected chi connectivity index (χ4v) is 3.37. The second-order valence-electron chi connectivity index (χ2n) is 6.25. The van der Waals surface area contributed by atoms with Crippen molar-refractivity contribution in [1.29, 1.82) is 0 Å². The maximum Gasteiger partial charge on any atom is -0.00228 e. The molecule has 3 aromatic carbocycles. The third-order valence-electron chi connectivity index (χ3n) is 4.58. The van der Waals surface area contributed by atoms with Crippen molar-refractivity contribution >= 4 is 5.57 Å². The molecule has 23 heavy (non-hydrogen) atoms. The predicted octanol–water partition coefficient (Wildman–Crippen LogP) is 5.46. The third kappa shape index (κ3) is 3.12. The molecule has 0 spiro atoms. The van der Waals surface area contributed by atoms with Crippen LogP contribution >= 0.6 is 0 Å². The zero-order chi connectivity index (χ0) is 15.5. The van der Waals surface area contributed by atoms with Crippen LogP contribution in [0.4, 0.5) is 0 Å². The summed E-state index contributed by atoms with van der Waals surface area (Å²) in [5.41, 5.74) is 8.55. The van der Waals surface area contributed by atoms with Crippen molar-refractivity contribution in [2.45, 2.75) is 19.3 Å². The molecular weight excluding hydrogens is 276 g/mol. The standard InChI is InChI=1S/C23H20/c1-3-7-18(8-4-1)15-20-11-12-21-13-14-22(23(21)17-20)16-19-9-5-2-6-10-19/h1-12,14,17H,13,15-16H2. The van der Waals surface area contributed by atoms with Crippen molar-refractivity contribution in [2.24, 2.45) is 0 Å². The Labute approximate surface area is 138 Å². The number of hydrogen-bond acceptors (Lipinski definition) is 0. The van der Waals surface area contributed by atoms with E-state index < -0.39 is 0 Å². The van der Waals surface area contributed by atoms with Gasteiger partial charge in [-0.25, -0.2) is 0 Å². The maximum atomic E-state index is 2.39. The molecule has 0 N–H and O–H groups in total. The second kappa shape index (κ2) is 6.26. The lowest BCUT2D eigenvalue weighted by molar-refractivity contribution is 1.17. The third-order valence-corrected chi connectivity index (χ3v) is 4.58. The first-order valence-electron chi connectivity index (χ1n) is 8.27. The number of allylic oxidation sites excluding steroid dienone is 2. The molecule has 0 unspecified atom stereocenters. The average Bonchev–Trinajstić information content (AvgIpc) is 2.99. The van der Waals surface area contributed by atoms with Crippen LogP contribution in [0.15, 0.2) is 84.9 Å². The number of fused-ring (bicyclic) bond motifs is 1. The molecule has 0 atom stereocenters. The maximum absolute atomic E-state index is 2.39. The molecule has 0 heterocycles. The fourth-order valence-electron chi connectivity index (χ4n) is 3.37. The van der Waals surface area contributed by atoms with Gasteiger partial charge in [-0.2, -0.15) is 0 Å². The molecule has 112 valence electrons. The van der Waals surface area contributed by atoms with Crippen LogP contribution in [0.5, 0.6) is 0 Å². The van der Waals surface area contributed by atoms with Gasteiger partial charge in [-0.3, -0.25) is 0 Å². The molecular formula is C23H20. The Morgan fingerprint density at radius 3 is 1.96 bits per heavy atom. The van der Waals surface area contributed by atoms with Crippen LogP contribution in [0.2, 0.25) is 0 Å². The Balaban J connectivity index is 1.59. The van der Waals surface area contributed by atoms with Crippen molar-refractivity contribution in [1.82, 2.24) is 0 Å². The van der Waals surface area contributed by atoms with E-state index in [-0.39, 0.29) is 0 Å². The summed E-state index contributed by atoms with van der Waals surface area (Å²) in [5, 5.41) is 0. The van der Waals surface area contributed by atoms with Crippen LogP contribution in [-0.2, 0) is 19.3 Å². The Morgan fingerprint density at radius 1 is 0.609 bits per heavy atom. The molecule has 0 aliphatic heterocycles. The minimum Gasteiger partial charge on any atom is -0.0759 e. The van der Waals surface area contributed by atoms with Gasteiger partial charge in [0.25, 0.3) is 0 Å². The van der Waals surface area contributed by atoms with Crippen molar-refractivity contribution in [3.8, 4) is 0 Å². The van der Waals surface area contributed by atoms with E-state index in [2.05, 4.69) is 84.9 Å². The van der Waals surface area contributed by atoms with E-state index in [4.69, 9.17) is 0 Å². The lowest BCUT2D eigenvalue weighted by atomic mass is 9.95. The van der Waals surface area contributed by atoms with Crippen LogP contribution in [0, 0.1) is 0 Å². The lowest BCUT2D eigenvalue weighted by Crippen LogP contribution is -1.94. The summed E-state index contributed by atoms with van der Waals surface area (Å²) in [5.74, 6) is 0. The largest absolute Gasteiger partial charge is 0.0759 e. The van der Waals surface area contributed by atoms with Gasteiger partial charge in [-0.1, -0.05) is 84.9 Å². The summed E-state index contributed by atoms with van der Waals surface area (Å²) in [6, 6.07) is 28.5. The first-order chi connectivity index (χ1) is 11.4. The average molecular weight is 296 g/mol. The van der Waals surface area contributed by atoms with Crippen LogP contribution in [0.3, 0.4) is 0 Å². The summed E-state index contributed by atoms with van der Waals surface area (Å²) in [6.07, 6.45) is 5.50. The van der Waals surface area contributed by atoms with E-state index in [1.165, 1.54) is 33.4 Å². The normalized spacial score (nSPS) is 12.8. The van der Waals surface area contributed by atoms with Gasteiger partial charge in [-0.15, -0.1) is 0 Å². The Morgan fingerprint density at radius 2 is 1.26 bits per heavy atom. The predicted molar refractivity (Wildman–Crippen MR) is 97.5 cm³/mol. The quantitative estimate of drug-likeness (QED) is 0.599. The van der Waals surface area contributed by atoms with Gasteiger partial charge in [0.1, 0.15) is 0 Å².